The van der Waals surface area contributed by atoms with E-state index < -0.39 is 0 Å². The minimum atomic E-state index is -0.209. The maximum atomic E-state index is 12.7. The van der Waals surface area contributed by atoms with Crippen molar-refractivity contribution in [3.05, 3.63) is 38.7 Å². The van der Waals surface area contributed by atoms with Crippen LogP contribution in [0.5, 0.6) is 0 Å². The van der Waals surface area contributed by atoms with E-state index in [0.29, 0.717) is 5.16 Å². The van der Waals surface area contributed by atoms with Crippen molar-refractivity contribution in [3.63, 3.8) is 0 Å². The van der Waals surface area contributed by atoms with Gasteiger partial charge in [-0.25, -0.2) is 9.97 Å². The van der Waals surface area contributed by atoms with Crippen molar-refractivity contribution in [1.82, 2.24) is 24.8 Å². The Kier molecular flexibility index (Phi) is 6.90. The fourth-order valence-corrected chi connectivity index (χ4v) is 4.45. The Labute approximate surface area is 173 Å². The molecule has 1 aliphatic heterocycles. The van der Waals surface area contributed by atoms with E-state index in [4.69, 9.17) is 0 Å². The van der Waals surface area contributed by atoms with Crippen LogP contribution in [0.2, 0.25) is 0 Å². The number of nitrogens with one attached hydrogen (secondary N) is 1. The zero-order valence-corrected chi connectivity index (χ0v) is 18.2. The Morgan fingerprint density at radius 2 is 2.11 bits per heavy atom. The van der Waals surface area contributed by atoms with E-state index in [1.54, 1.807) is 11.3 Å². The summed E-state index contributed by atoms with van der Waals surface area (Å²) in [5.74, 6) is 0.369. The molecule has 1 saturated heterocycles. The highest BCUT2D eigenvalue weighted by atomic mass is 32.2. The molecule has 0 unspecified atom stereocenters. The number of carbonyl (C=O) groups excluding carboxylic acids is 1. The summed E-state index contributed by atoms with van der Waals surface area (Å²) >= 11 is 2.97. The Balaban J connectivity index is 1.54. The first-order valence-corrected chi connectivity index (χ1v) is 11.3. The van der Waals surface area contributed by atoms with Crippen LogP contribution < -0.4 is 5.56 Å². The lowest BCUT2D eigenvalue weighted by Crippen LogP contribution is -2.36. The lowest BCUT2D eigenvalue weighted by molar-refractivity contribution is -0.128. The van der Waals surface area contributed by atoms with Gasteiger partial charge >= 0.3 is 0 Å². The number of carbonyl (C=O) groups is 1. The number of hydrogen-bond acceptors (Lipinski definition) is 7. The lowest BCUT2D eigenvalue weighted by Gasteiger charge is -2.21. The van der Waals surface area contributed by atoms with Gasteiger partial charge in [0, 0.05) is 49.2 Å². The largest absolute Gasteiger partial charge is 0.341 e. The van der Waals surface area contributed by atoms with E-state index in [1.165, 1.54) is 17.8 Å². The zero-order chi connectivity index (χ0) is 20.1. The van der Waals surface area contributed by atoms with Gasteiger partial charge in [0.15, 0.2) is 5.16 Å². The number of aromatic nitrogens is 3. The Morgan fingerprint density at radius 3 is 2.82 bits per heavy atom. The molecule has 0 atom stereocenters. The van der Waals surface area contributed by atoms with Gasteiger partial charge in [0.05, 0.1) is 18.0 Å². The number of aromatic amines is 1. The number of amides is 1. The van der Waals surface area contributed by atoms with E-state index in [9.17, 15) is 9.59 Å². The standard InChI is InChI=1S/C19H27N5O2S2/c1-19(2,3)14-11-15(25)22-18(21-14)28-13-17(26)24-7-4-6-23(8-9-24)12-16-20-5-10-27-16/h5,10-11H,4,6-9,12-13H2,1-3H3,(H,21,22,25). The van der Waals surface area contributed by atoms with E-state index in [-0.39, 0.29) is 22.6 Å². The van der Waals surface area contributed by atoms with Crippen LogP contribution >= 0.6 is 23.1 Å². The predicted octanol–water partition coefficient (Wildman–Crippen LogP) is 2.35. The highest BCUT2D eigenvalue weighted by molar-refractivity contribution is 7.99. The van der Waals surface area contributed by atoms with Crippen molar-refractivity contribution >= 4 is 29.0 Å². The van der Waals surface area contributed by atoms with E-state index >= 15 is 0 Å². The first-order valence-electron chi connectivity index (χ1n) is 9.44. The van der Waals surface area contributed by atoms with Crippen LogP contribution in [-0.4, -0.2) is 62.6 Å². The third-order valence-corrected chi connectivity index (χ3v) is 6.23. The molecule has 0 radical (unpaired) electrons. The molecule has 3 rings (SSSR count). The monoisotopic (exact) mass is 421 g/mol. The molecule has 9 heteroatoms. The lowest BCUT2D eigenvalue weighted by atomic mass is 9.92. The average Bonchev–Trinajstić information content (AvgIpc) is 3.03. The van der Waals surface area contributed by atoms with Gasteiger partial charge < -0.3 is 9.88 Å². The quantitative estimate of drug-likeness (QED) is 0.589. The highest BCUT2D eigenvalue weighted by Gasteiger charge is 2.21. The van der Waals surface area contributed by atoms with Crippen molar-refractivity contribution in [2.75, 3.05) is 31.9 Å². The fraction of sp³-hybridized carbons (Fsp3) is 0.579. The summed E-state index contributed by atoms with van der Waals surface area (Å²) in [4.78, 5) is 40.4. The molecular weight excluding hydrogens is 394 g/mol. The Morgan fingerprint density at radius 1 is 1.29 bits per heavy atom. The summed E-state index contributed by atoms with van der Waals surface area (Å²) in [6.07, 6.45) is 2.79. The second-order valence-electron chi connectivity index (χ2n) is 7.91. The molecule has 1 N–H and O–H groups in total. The van der Waals surface area contributed by atoms with Gasteiger partial charge in [0.2, 0.25) is 5.91 Å². The van der Waals surface area contributed by atoms with Crippen molar-refractivity contribution in [1.29, 1.82) is 0 Å². The Bertz CT molecular complexity index is 845. The first kappa shape index (κ1) is 21.0. The van der Waals surface area contributed by atoms with Crippen LogP contribution in [0, 0.1) is 0 Å². The maximum absolute atomic E-state index is 12.7. The molecule has 1 amide bonds. The predicted molar refractivity (Wildman–Crippen MR) is 113 cm³/mol. The summed E-state index contributed by atoms with van der Waals surface area (Å²) in [6, 6.07) is 1.53. The molecule has 7 nitrogen and oxygen atoms in total. The highest BCUT2D eigenvalue weighted by Crippen LogP contribution is 2.21. The van der Waals surface area contributed by atoms with Crippen LogP contribution in [0.1, 0.15) is 37.9 Å². The average molecular weight is 422 g/mol. The summed E-state index contributed by atoms with van der Waals surface area (Å²) in [6.45, 7) is 10.2. The molecule has 152 valence electrons. The third-order valence-electron chi connectivity index (χ3n) is 4.60. The van der Waals surface area contributed by atoms with Crippen LogP contribution in [0.25, 0.3) is 0 Å². The molecule has 0 aliphatic carbocycles. The van der Waals surface area contributed by atoms with E-state index in [2.05, 4.69) is 19.9 Å². The normalized spacial score (nSPS) is 16.2. The molecule has 2 aromatic heterocycles. The number of thioether (sulfide) groups is 1. The summed E-state index contributed by atoms with van der Waals surface area (Å²) < 4.78 is 0. The summed E-state index contributed by atoms with van der Waals surface area (Å²) in [5, 5.41) is 3.61. The minimum Gasteiger partial charge on any atom is -0.341 e. The van der Waals surface area contributed by atoms with Crippen molar-refractivity contribution < 1.29 is 4.79 Å². The molecule has 0 saturated carbocycles. The van der Waals surface area contributed by atoms with Crippen LogP contribution in [-0.2, 0) is 16.8 Å². The summed E-state index contributed by atoms with van der Waals surface area (Å²) in [5.41, 5.74) is 0.348. The van der Waals surface area contributed by atoms with Crippen LogP contribution in [0.15, 0.2) is 27.6 Å². The molecule has 1 aliphatic rings. The van der Waals surface area contributed by atoms with Gasteiger partial charge in [0.1, 0.15) is 5.01 Å². The van der Waals surface area contributed by atoms with Crippen LogP contribution in [0.4, 0.5) is 0 Å². The Hall–Kier alpha value is -1.71. The van der Waals surface area contributed by atoms with Gasteiger partial charge in [-0.05, 0) is 6.42 Å². The van der Waals surface area contributed by atoms with E-state index in [0.717, 1.165) is 49.8 Å². The van der Waals surface area contributed by atoms with Crippen molar-refractivity contribution in [2.24, 2.45) is 0 Å². The van der Waals surface area contributed by atoms with Gasteiger partial charge in [0.25, 0.3) is 5.56 Å². The first-order chi connectivity index (χ1) is 13.3. The van der Waals surface area contributed by atoms with Gasteiger partial charge in [-0.1, -0.05) is 32.5 Å². The van der Waals surface area contributed by atoms with Crippen molar-refractivity contribution in [2.45, 2.75) is 44.3 Å². The summed E-state index contributed by atoms with van der Waals surface area (Å²) in [7, 11) is 0. The molecule has 0 bridgehead atoms. The topological polar surface area (TPSA) is 82.2 Å². The maximum Gasteiger partial charge on any atom is 0.251 e. The number of nitrogens with zero attached hydrogens (tertiary/aromatic N) is 4. The van der Waals surface area contributed by atoms with Crippen LogP contribution in [0.3, 0.4) is 0 Å². The van der Waals surface area contributed by atoms with Gasteiger partial charge in [-0.3, -0.25) is 14.5 Å². The molecule has 2 aromatic rings. The molecular formula is C19H27N5O2S2. The second-order valence-corrected chi connectivity index (χ2v) is 9.85. The SMILES string of the molecule is CC(C)(C)c1cc(=O)[nH]c(SCC(=O)N2CCCN(Cc3nccs3)CC2)n1. The van der Waals surface area contributed by atoms with Gasteiger partial charge in [-0.15, -0.1) is 11.3 Å². The molecule has 28 heavy (non-hydrogen) atoms. The number of thiazole rings is 1. The molecule has 3 heterocycles. The molecule has 0 aromatic carbocycles. The van der Waals surface area contributed by atoms with Crippen molar-refractivity contribution in [3.8, 4) is 0 Å². The molecule has 1 fully saturated rings. The van der Waals surface area contributed by atoms with Gasteiger partial charge in [-0.2, -0.15) is 0 Å². The zero-order valence-electron chi connectivity index (χ0n) is 16.6. The molecule has 0 spiro atoms. The van der Waals surface area contributed by atoms with E-state index in [1.807, 2.05) is 37.2 Å². The number of hydrogen-bond donors (Lipinski definition) is 1. The second kappa shape index (κ2) is 9.19. The minimum absolute atomic E-state index is 0.0879. The fourth-order valence-electron chi connectivity index (χ4n) is 3.01. The number of H-pyrrole nitrogens is 1. The smallest absolute Gasteiger partial charge is 0.251 e. The number of rotatable bonds is 5. The third kappa shape index (κ3) is 5.89.